The van der Waals surface area contributed by atoms with E-state index in [1.165, 1.54) is 72.8 Å². The van der Waals surface area contributed by atoms with Crippen LogP contribution in [0.5, 0.6) is 0 Å². The first kappa shape index (κ1) is 27.9. The molecule has 38 heavy (non-hydrogen) atoms. The molecular formula is C35H41O2P. The average molecular weight is 525 g/mol. The van der Waals surface area contributed by atoms with Gasteiger partial charge in [-0.2, -0.15) is 0 Å². The number of allylic oxidation sites excluding steroid dienone is 4. The molecule has 0 atom stereocenters. The molecule has 3 aromatic rings. The van der Waals surface area contributed by atoms with Gasteiger partial charge in [-0.05, 0) is 13.0 Å². The van der Waals surface area contributed by atoms with E-state index in [0.717, 1.165) is 19.3 Å². The quantitative estimate of drug-likeness (QED) is 0.126. The standard InChI is InChI=1S/C35H41O2P/c1-29-27-31(36)28-30(35(29)37)19-11-6-4-2-3-5-7-18-26-38(32-20-12-8-13-21-32,33-22-14-9-15-23-33)34-24-16-10-17-25-34/h8-10,12-17,20-25,27-28,38H,2-7,11,18-19,26H2,1H3. The van der Waals surface area contributed by atoms with Crippen LogP contribution in [0, 0.1) is 0 Å². The molecular weight excluding hydrogens is 483 g/mol. The first-order valence-corrected chi connectivity index (χ1v) is 16.5. The fourth-order valence-electron chi connectivity index (χ4n) is 5.86. The summed E-state index contributed by atoms with van der Waals surface area (Å²) in [5.74, 6) is 0.00158. The Morgan fingerprint density at radius 1 is 0.526 bits per heavy atom. The summed E-state index contributed by atoms with van der Waals surface area (Å²) < 4.78 is 0. The molecule has 198 valence electrons. The van der Waals surface area contributed by atoms with Gasteiger partial charge in [0.2, 0.25) is 0 Å². The minimum absolute atomic E-state index is 0.0454. The fourth-order valence-corrected chi connectivity index (χ4v) is 10.8. The zero-order valence-corrected chi connectivity index (χ0v) is 23.7. The van der Waals surface area contributed by atoms with Gasteiger partial charge in [-0.15, -0.1) is 0 Å². The maximum absolute atomic E-state index is 12.2. The summed E-state index contributed by atoms with van der Waals surface area (Å²) in [5.41, 5.74) is 1.27. The molecule has 0 fully saturated rings. The van der Waals surface area contributed by atoms with Gasteiger partial charge in [-0.3, -0.25) is 9.59 Å². The van der Waals surface area contributed by atoms with E-state index >= 15 is 0 Å². The van der Waals surface area contributed by atoms with E-state index in [2.05, 4.69) is 91.0 Å². The smallest absolute Gasteiger partial charge is 0.289 e. The summed E-state index contributed by atoms with van der Waals surface area (Å²) in [4.78, 5) is 23.9. The number of hydrogen-bond donors (Lipinski definition) is 0. The molecule has 4 rings (SSSR count). The Hall–Kier alpha value is -3.09. The third-order valence-electron chi connectivity index (χ3n) is 7.87. The Kier molecular flexibility index (Phi) is 10.4. The van der Waals surface area contributed by atoms with Crippen molar-refractivity contribution in [2.24, 2.45) is 0 Å². The van der Waals surface area contributed by atoms with Gasteiger partial charge >= 0.3 is 196 Å². The van der Waals surface area contributed by atoms with Gasteiger partial charge in [-0.1, -0.05) is 0 Å². The molecule has 3 aromatic carbocycles. The monoisotopic (exact) mass is 524 g/mol. The molecule has 2 nitrogen and oxygen atoms in total. The Labute approximate surface area is 229 Å². The Morgan fingerprint density at radius 2 is 0.947 bits per heavy atom. The van der Waals surface area contributed by atoms with E-state index in [0.29, 0.717) is 11.1 Å². The second-order valence-corrected chi connectivity index (χ2v) is 14.6. The van der Waals surface area contributed by atoms with Crippen molar-refractivity contribution in [2.45, 2.75) is 64.7 Å². The van der Waals surface area contributed by atoms with Crippen molar-refractivity contribution in [1.29, 1.82) is 0 Å². The summed E-state index contributed by atoms with van der Waals surface area (Å²) in [7, 11) is -2.10. The number of hydrogen-bond acceptors (Lipinski definition) is 2. The summed E-state index contributed by atoms with van der Waals surface area (Å²) in [5, 5.41) is 4.49. The summed E-state index contributed by atoms with van der Waals surface area (Å²) in [6.45, 7) is 1.74. The number of carbonyl (C=O) groups is 2. The average Bonchev–Trinajstić information content (AvgIpc) is 2.96. The maximum atomic E-state index is 12.2. The van der Waals surface area contributed by atoms with Crippen LogP contribution in [-0.4, -0.2) is 17.7 Å². The Morgan fingerprint density at radius 3 is 1.42 bits per heavy atom. The zero-order chi connectivity index (χ0) is 26.6. The van der Waals surface area contributed by atoms with Crippen LogP contribution >= 0.6 is 7.26 Å². The minimum atomic E-state index is -2.10. The van der Waals surface area contributed by atoms with Crippen LogP contribution in [0.3, 0.4) is 0 Å². The van der Waals surface area contributed by atoms with E-state index < -0.39 is 7.26 Å². The summed E-state index contributed by atoms with van der Waals surface area (Å²) in [6, 6.07) is 33.6. The van der Waals surface area contributed by atoms with Crippen molar-refractivity contribution < 1.29 is 9.59 Å². The van der Waals surface area contributed by atoms with Crippen molar-refractivity contribution in [3.05, 3.63) is 114 Å². The first-order valence-electron chi connectivity index (χ1n) is 14.3. The molecule has 1 aliphatic rings. The van der Waals surface area contributed by atoms with Crippen molar-refractivity contribution in [2.75, 3.05) is 6.16 Å². The van der Waals surface area contributed by atoms with Crippen LogP contribution in [0.4, 0.5) is 0 Å². The molecule has 0 aliphatic heterocycles. The second-order valence-electron chi connectivity index (χ2n) is 10.6. The summed E-state index contributed by atoms with van der Waals surface area (Å²) in [6.07, 6.45) is 14.5. The number of unbranched alkanes of at least 4 members (excludes halogenated alkanes) is 7. The number of ketones is 2. The number of rotatable bonds is 14. The van der Waals surface area contributed by atoms with Gasteiger partial charge in [0.05, 0.1) is 0 Å². The number of benzene rings is 3. The van der Waals surface area contributed by atoms with Gasteiger partial charge in [0.25, 0.3) is 0 Å². The third-order valence-corrected chi connectivity index (χ3v) is 12.9. The van der Waals surface area contributed by atoms with Crippen molar-refractivity contribution in [1.82, 2.24) is 0 Å². The van der Waals surface area contributed by atoms with E-state index in [1.54, 1.807) is 6.92 Å². The van der Waals surface area contributed by atoms with Crippen molar-refractivity contribution in [3.8, 4) is 0 Å². The fraction of sp³-hybridized carbons (Fsp3) is 0.314. The molecule has 0 amide bonds. The van der Waals surface area contributed by atoms with E-state index in [1.807, 2.05) is 0 Å². The van der Waals surface area contributed by atoms with Crippen LogP contribution < -0.4 is 15.9 Å². The van der Waals surface area contributed by atoms with Crippen LogP contribution in [0.25, 0.3) is 0 Å². The first-order chi connectivity index (χ1) is 18.6. The molecule has 0 N–H and O–H groups in total. The normalized spacial score (nSPS) is 14.2. The number of carbonyl (C=O) groups excluding carboxylic acids is 2. The van der Waals surface area contributed by atoms with Gasteiger partial charge in [0.15, 0.2) is 5.78 Å². The topological polar surface area (TPSA) is 34.1 Å². The summed E-state index contributed by atoms with van der Waals surface area (Å²) >= 11 is 0. The van der Waals surface area contributed by atoms with Gasteiger partial charge < -0.3 is 0 Å². The van der Waals surface area contributed by atoms with Gasteiger partial charge in [-0.25, -0.2) is 0 Å². The Balaban J connectivity index is 1.27. The van der Waals surface area contributed by atoms with Crippen LogP contribution in [0.2, 0.25) is 0 Å². The molecule has 0 unspecified atom stereocenters. The molecule has 0 saturated carbocycles. The van der Waals surface area contributed by atoms with Gasteiger partial charge in [0.1, 0.15) is 0 Å². The van der Waals surface area contributed by atoms with Crippen molar-refractivity contribution in [3.63, 3.8) is 0 Å². The molecule has 3 heteroatoms. The van der Waals surface area contributed by atoms with Gasteiger partial charge in [0, 0.05) is 5.57 Å². The zero-order valence-electron chi connectivity index (χ0n) is 22.7. The molecule has 0 bridgehead atoms. The van der Waals surface area contributed by atoms with Crippen LogP contribution in [0.15, 0.2) is 114 Å². The van der Waals surface area contributed by atoms with E-state index in [-0.39, 0.29) is 11.6 Å². The predicted molar refractivity (Wildman–Crippen MR) is 165 cm³/mol. The molecule has 0 saturated heterocycles. The van der Waals surface area contributed by atoms with Crippen LogP contribution in [-0.2, 0) is 9.59 Å². The second kappa shape index (κ2) is 14.2. The molecule has 0 aromatic heterocycles. The predicted octanol–water partition coefficient (Wildman–Crippen LogP) is 7.25. The third kappa shape index (κ3) is 7.06. The molecule has 0 spiro atoms. The van der Waals surface area contributed by atoms with Crippen molar-refractivity contribution >= 4 is 34.7 Å². The van der Waals surface area contributed by atoms with E-state index in [4.69, 9.17) is 0 Å². The SMILES string of the molecule is CC1=CC(=O)C=C(CCCCCCCCCC[PH](c2ccccc2)(c2ccccc2)c2ccccc2)C1=O. The molecule has 0 heterocycles. The van der Waals surface area contributed by atoms with E-state index in [9.17, 15) is 9.59 Å². The Bertz CT molecular complexity index is 1150. The molecule has 0 radical (unpaired) electrons. The van der Waals surface area contributed by atoms with Crippen LogP contribution in [0.1, 0.15) is 64.7 Å². The molecule has 1 aliphatic carbocycles. The minimum Gasteiger partial charge on any atom is -0.289 e. The number of Topliss-reactive ketones (excluding diaryl/α,β-unsaturated/α-hetero) is 1.